The number of allylic oxidation sites excluding steroid dienone is 1. The number of aliphatic hydroxyl groups excluding tert-OH is 1. The Labute approximate surface area is 205 Å². The van der Waals surface area contributed by atoms with E-state index in [9.17, 15) is 9.90 Å². The number of fused-ring (bicyclic) bond motifs is 1. The summed E-state index contributed by atoms with van der Waals surface area (Å²) in [6.07, 6.45) is 4.51. The Morgan fingerprint density at radius 3 is 2.75 bits per heavy atom. The normalized spacial score (nSPS) is 11.9. The molecule has 4 heterocycles. The molecule has 0 saturated carbocycles. The van der Waals surface area contributed by atoms with E-state index in [0.29, 0.717) is 46.4 Å². The lowest BCUT2D eigenvalue weighted by atomic mass is 10.1. The first-order valence-electron chi connectivity index (χ1n) is 11.2. The molecule has 36 heavy (non-hydrogen) atoms. The van der Waals surface area contributed by atoms with E-state index in [1.165, 1.54) is 6.39 Å². The van der Waals surface area contributed by atoms with Crippen molar-refractivity contribution in [3.05, 3.63) is 89.7 Å². The minimum Gasteiger partial charge on any atom is -0.423 e. The van der Waals surface area contributed by atoms with Crippen LogP contribution in [0.4, 0.5) is 17.3 Å². The van der Waals surface area contributed by atoms with E-state index in [1.54, 1.807) is 46.9 Å². The van der Waals surface area contributed by atoms with Crippen LogP contribution >= 0.6 is 0 Å². The van der Waals surface area contributed by atoms with E-state index in [-0.39, 0.29) is 18.2 Å². The number of nitrogens with zero attached hydrogens (tertiary/aromatic N) is 6. The first-order valence-corrected chi connectivity index (χ1v) is 11.2. The quantitative estimate of drug-likeness (QED) is 0.269. The van der Waals surface area contributed by atoms with Crippen LogP contribution in [0, 0.1) is 0 Å². The lowest BCUT2D eigenvalue weighted by Gasteiger charge is -2.20. The number of pyridine rings is 2. The minimum atomic E-state index is -0.378. The molecule has 0 fully saturated rings. The third-order valence-corrected chi connectivity index (χ3v) is 5.78. The van der Waals surface area contributed by atoms with Gasteiger partial charge in [-0.2, -0.15) is 0 Å². The molecule has 3 N–H and O–H groups in total. The molecule has 0 radical (unpaired) electrons. The highest BCUT2D eigenvalue weighted by molar-refractivity contribution is 5.79. The second kappa shape index (κ2) is 9.84. The molecular weight excluding hydrogens is 460 g/mol. The number of aryl methyl sites for hydroxylation is 1. The molecule has 182 valence electrons. The Morgan fingerprint density at radius 1 is 1.19 bits per heavy atom. The maximum atomic E-state index is 12.6. The average molecular weight is 485 g/mol. The zero-order valence-corrected chi connectivity index (χ0v) is 19.5. The van der Waals surface area contributed by atoms with E-state index in [2.05, 4.69) is 37.4 Å². The van der Waals surface area contributed by atoms with Crippen LogP contribution in [0.5, 0.6) is 0 Å². The first kappa shape index (κ1) is 23.0. The summed E-state index contributed by atoms with van der Waals surface area (Å²) < 4.78 is 8.66. The molecule has 5 aromatic rings. The van der Waals surface area contributed by atoms with Crippen LogP contribution in [-0.2, 0) is 13.6 Å². The highest BCUT2D eigenvalue weighted by atomic mass is 16.4. The zero-order chi connectivity index (χ0) is 25.1. The number of rotatable bonds is 9. The lowest BCUT2D eigenvalue weighted by Crippen LogP contribution is -2.20. The summed E-state index contributed by atoms with van der Waals surface area (Å²) in [6, 6.07) is 14.5. The summed E-state index contributed by atoms with van der Waals surface area (Å²) in [5.74, 6) is 1.30. The molecule has 11 heteroatoms. The lowest BCUT2D eigenvalue weighted by molar-refractivity contribution is 0.276. The molecule has 0 amide bonds. The Hall–Kier alpha value is -4.77. The van der Waals surface area contributed by atoms with Crippen LogP contribution in [0.1, 0.15) is 11.6 Å². The summed E-state index contributed by atoms with van der Waals surface area (Å²) >= 11 is 0. The molecule has 1 atom stereocenters. The van der Waals surface area contributed by atoms with Crippen LogP contribution in [-0.4, -0.2) is 41.2 Å². The molecule has 0 bridgehead atoms. The van der Waals surface area contributed by atoms with Crippen molar-refractivity contribution in [3.63, 3.8) is 0 Å². The molecular formula is C25H24N8O3. The summed E-state index contributed by atoms with van der Waals surface area (Å²) in [5, 5.41) is 24.9. The monoisotopic (exact) mass is 484 g/mol. The molecule has 0 unspecified atom stereocenters. The fraction of sp³-hybridized carbons (Fsp3) is 0.160. The number of anilines is 3. The molecule has 11 nitrogen and oxygen atoms in total. The fourth-order valence-corrected chi connectivity index (χ4v) is 3.99. The van der Waals surface area contributed by atoms with Gasteiger partial charge in [0.1, 0.15) is 11.6 Å². The fourth-order valence-electron chi connectivity index (χ4n) is 3.99. The van der Waals surface area contributed by atoms with E-state index in [4.69, 9.17) is 4.42 Å². The van der Waals surface area contributed by atoms with Crippen molar-refractivity contribution < 1.29 is 9.52 Å². The van der Waals surface area contributed by atoms with Gasteiger partial charge in [0.25, 0.3) is 11.4 Å². The molecule has 0 aliphatic carbocycles. The van der Waals surface area contributed by atoms with Crippen molar-refractivity contribution >= 4 is 28.4 Å². The van der Waals surface area contributed by atoms with Gasteiger partial charge in [-0.1, -0.05) is 36.4 Å². The second-order valence-electron chi connectivity index (χ2n) is 8.04. The molecule has 0 saturated heterocycles. The minimum absolute atomic E-state index is 0.129. The van der Waals surface area contributed by atoms with E-state index < -0.39 is 0 Å². The maximum Gasteiger partial charge on any atom is 0.276 e. The SMILES string of the molecule is C=CCn1c(=O)c2ccc(Nc3cc(N[C@H](CO)c4ccccc4)c(-c4nnco4)cn3)nc2n1C. The Morgan fingerprint density at radius 2 is 2.03 bits per heavy atom. The molecule has 0 aliphatic heterocycles. The number of hydrogen-bond donors (Lipinski definition) is 3. The molecule has 0 aliphatic rings. The summed E-state index contributed by atoms with van der Waals surface area (Å²) in [5.41, 5.74) is 2.54. The zero-order valence-electron chi connectivity index (χ0n) is 19.5. The van der Waals surface area contributed by atoms with Crippen molar-refractivity contribution in [3.8, 4) is 11.5 Å². The van der Waals surface area contributed by atoms with Crippen LogP contribution in [0.3, 0.4) is 0 Å². The van der Waals surface area contributed by atoms with Crippen molar-refractivity contribution in [2.75, 3.05) is 17.2 Å². The van der Waals surface area contributed by atoms with Gasteiger partial charge >= 0.3 is 0 Å². The van der Waals surface area contributed by atoms with Crippen molar-refractivity contribution in [1.82, 2.24) is 29.5 Å². The highest BCUT2D eigenvalue weighted by Crippen LogP contribution is 2.31. The van der Waals surface area contributed by atoms with Crippen LogP contribution in [0.15, 0.2) is 83.0 Å². The van der Waals surface area contributed by atoms with Gasteiger partial charge in [-0.15, -0.1) is 16.8 Å². The van der Waals surface area contributed by atoms with Gasteiger partial charge in [-0.05, 0) is 17.7 Å². The Balaban J connectivity index is 1.50. The number of aliphatic hydroxyl groups is 1. The molecule has 0 spiro atoms. The second-order valence-corrected chi connectivity index (χ2v) is 8.04. The van der Waals surface area contributed by atoms with Gasteiger partial charge in [0, 0.05) is 19.3 Å². The van der Waals surface area contributed by atoms with Gasteiger partial charge in [-0.25, -0.2) is 14.6 Å². The van der Waals surface area contributed by atoms with Crippen LogP contribution in [0.2, 0.25) is 0 Å². The van der Waals surface area contributed by atoms with Gasteiger partial charge in [0.2, 0.25) is 6.39 Å². The van der Waals surface area contributed by atoms with Gasteiger partial charge in [0.05, 0.1) is 35.8 Å². The molecule has 5 rings (SSSR count). The molecule has 4 aromatic heterocycles. The van der Waals surface area contributed by atoms with Gasteiger partial charge in [-0.3, -0.25) is 9.48 Å². The first-order chi connectivity index (χ1) is 17.6. The van der Waals surface area contributed by atoms with Crippen molar-refractivity contribution in [1.29, 1.82) is 0 Å². The van der Waals surface area contributed by atoms with Gasteiger partial charge in [0.15, 0.2) is 5.65 Å². The Kier molecular flexibility index (Phi) is 6.29. The van der Waals surface area contributed by atoms with E-state index in [1.807, 2.05) is 30.3 Å². The topological polar surface area (TPSA) is 136 Å². The van der Waals surface area contributed by atoms with Crippen LogP contribution < -0.4 is 16.2 Å². The number of aromatic nitrogens is 6. The third-order valence-electron chi connectivity index (χ3n) is 5.78. The third kappa shape index (κ3) is 4.34. The summed E-state index contributed by atoms with van der Waals surface area (Å²) in [4.78, 5) is 21.7. The largest absolute Gasteiger partial charge is 0.423 e. The maximum absolute atomic E-state index is 12.6. The summed E-state index contributed by atoms with van der Waals surface area (Å²) in [6.45, 7) is 3.96. The smallest absolute Gasteiger partial charge is 0.276 e. The standard InChI is InChI=1S/C25H24N8O3/c1-3-11-33-25(35)17-9-10-21(30-23(17)32(33)2)29-22-12-19(18(13-26-22)24-31-27-15-36-24)28-20(14-34)16-7-5-4-6-8-16/h3-10,12-13,15,20,34H,1,11,14H2,2H3,(H2,26,28,29,30)/t20-/m1/s1. The average Bonchev–Trinajstić information content (AvgIpc) is 3.52. The molecule has 1 aromatic carbocycles. The predicted octanol–water partition coefficient (Wildman–Crippen LogP) is 3.26. The Bertz CT molecular complexity index is 1560. The van der Waals surface area contributed by atoms with Gasteiger partial charge < -0.3 is 20.2 Å². The van der Waals surface area contributed by atoms with Crippen LogP contribution in [0.25, 0.3) is 22.5 Å². The summed E-state index contributed by atoms with van der Waals surface area (Å²) in [7, 11) is 1.78. The van der Waals surface area contributed by atoms with Crippen molar-refractivity contribution in [2.45, 2.75) is 12.6 Å². The number of nitrogens with one attached hydrogen (secondary N) is 2. The van der Waals surface area contributed by atoms with Crippen molar-refractivity contribution in [2.24, 2.45) is 7.05 Å². The van der Waals surface area contributed by atoms with E-state index in [0.717, 1.165) is 5.56 Å². The van der Waals surface area contributed by atoms with E-state index >= 15 is 0 Å². The highest BCUT2D eigenvalue weighted by Gasteiger charge is 2.18. The predicted molar refractivity (Wildman–Crippen MR) is 136 cm³/mol. The number of benzene rings is 1. The number of hydrogen-bond acceptors (Lipinski definition) is 9.